The molecule has 2 aromatic rings. The molecule has 3 rings (SSSR count). The lowest BCUT2D eigenvalue weighted by Gasteiger charge is -2.25. The van der Waals surface area contributed by atoms with Crippen molar-refractivity contribution >= 4 is 0 Å². The Labute approximate surface area is 114 Å². The van der Waals surface area contributed by atoms with Crippen molar-refractivity contribution < 1.29 is 0 Å². The molecule has 0 saturated carbocycles. The highest BCUT2D eigenvalue weighted by Crippen LogP contribution is 2.22. The number of nitrogens with zero attached hydrogens (tertiary/aromatic N) is 4. The predicted octanol–water partition coefficient (Wildman–Crippen LogP) is 2.25. The van der Waals surface area contributed by atoms with Gasteiger partial charge in [0.05, 0.1) is 6.33 Å². The maximum absolute atomic E-state index is 4.38. The Balaban J connectivity index is 1.68. The minimum Gasteiger partial charge on any atom is -0.336 e. The standard InChI is InChI=1S/C15H20N4/c1-13-14(4-2-6-17-13)10-19-8-3-5-15(19)11-18-9-7-16-12-18/h2,4,6-7,9,12,15H,3,5,8,10-11H2,1H3. The van der Waals surface area contributed by atoms with Gasteiger partial charge in [-0.05, 0) is 37.9 Å². The summed E-state index contributed by atoms with van der Waals surface area (Å²) in [6, 6.07) is 4.84. The lowest BCUT2D eigenvalue weighted by atomic mass is 10.1. The van der Waals surface area contributed by atoms with Crippen molar-refractivity contribution in [2.45, 2.75) is 38.9 Å². The zero-order chi connectivity index (χ0) is 13.1. The van der Waals surface area contributed by atoms with Crippen molar-refractivity contribution in [3.05, 3.63) is 48.3 Å². The molecule has 19 heavy (non-hydrogen) atoms. The number of hydrogen-bond donors (Lipinski definition) is 0. The van der Waals surface area contributed by atoms with Gasteiger partial charge in [-0.2, -0.15) is 0 Å². The molecule has 3 heterocycles. The van der Waals surface area contributed by atoms with E-state index in [0.29, 0.717) is 6.04 Å². The van der Waals surface area contributed by atoms with E-state index in [4.69, 9.17) is 0 Å². The Kier molecular flexibility index (Phi) is 3.60. The van der Waals surface area contributed by atoms with E-state index in [1.54, 1.807) is 0 Å². The first-order valence-electron chi connectivity index (χ1n) is 6.93. The largest absolute Gasteiger partial charge is 0.336 e. The van der Waals surface area contributed by atoms with Crippen LogP contribution >= 0.6 is 0 Å². The van der Waals surface area contributed by atoms with Crippen molar-refractivity contribution in [3.8, 4) is 0 Å². The van der Waals surface area contributed by atoms with Crippen LogP contribution in [0.25, 0.3) is 0 Å². The highest BCUT2D eigenvalue weighted by atomic mass is 15.2. The van der Waals surface area contributed by atoms with E-state index in [9.17, 15) is 0 Å². The third kappa shape index (κ3) is 2.84. The normalized spacial score (nSPS) is 19.9. The first kappa shape index (κ1) is 12.4. The van der Waals surface area contributed by atoms with Crippen LogP contribution < -0.4 is 0 Å². The molecule has 0 aromatic carbocycles. The van der Waals surface area contributed by atoms with Gasteiger partial charge < -0.3 is 4.57 Å². The second kappa shape index (κ2) is 5.53. The van der Waals surface area contributed by atoms with Gasteiger partial charge in [0.1, 0.15) is 0 Å². The molecule has 1 saturated heterocycles. The molecule has 1 aliphatic heterocycles. The summed E-state index contributed by atoms with van der Waals surface area (Å²) in [6.07, 6.45) is 10.2. The maximum atomic E-state index is 4.38. The number of likely N-dealkylation sites (tertiary alicyclic amines) is 1. The molecule has 0 amide bonds. The van der Waals surface area contributed by atoms with Crippen LogP contribution in [0.3, 0.4) is 0 Å². The summed E-state index contributed by atoms with van der Waals surface area (Å²) in [5.74, 6) is 0. The Morgan fingerprint density at radius 1 is 1.37 bits per heavy atom. The minimum atomic E-state index is 0.619. The van der Waals surface area contributed by atoms with Gasteiger partial charge in [0.2, 0.25) is 0 Å². The van der Waals surface area contributed by atoms with Crippen molar-refractivity contribution in [2.75, 3.05) is 6.54 Å². The van der Waals surface area contributed by atoms with Gasteiger partial charge >= 0.3 is 0 Å². The van der Waals surface area contributed by atoms with E-state index < -0.39 is 0 Å². The van der Waals surface area contributed by atoms with Crippen LogP contribution in [-0.4, -0.2) is 32.0 Å². The fourth-order valence-corrected chi connectivity index (χ4v) is 2.85. The van der Waals surface area contributed by atoms with Crippen molar-refractivity contribution in [2.24, 2.45) is 0 Å². The van der Waals surface area contributed by atoms with Gasteiger partial charge in [0, 0.05) is 43.4 Å². The van der Waals surface area contributed by atoms with Crippen LogP contribution in [0.1, 0.15) is 24.1 Å². The maximum Gasteiger partial charge on any atom is 0.0946 e. The van der Waals surface area contributed by atoms with Gasteiger partial charge in [-0.25, -0.2) is 4.98 Å². The number of aromatic nitrogens is 3. The fraction of sp³-hybridized carbons (Fsp3) is 0.467. The van der Waals surface area contributed by atoms with Crippen LogP contribution in [0, 0.1) is 6.92 Å². The Bertz CT molecular complexity index is 521. The highest BCUT2D eigenvalue weighted by molar-refractivity contribution is 5.18. The van der Waals surface area contributed by atoms with Crippen molar-refractivity contribution in [1.29, 1.82) is 0 Å². The minimum absolute atomic E-state index is 0.619. The quantitative estimate of drug-likeness (QED) is 0.841. The highest BCUT2D eigenvalue weighted by Gasteiger charge is 2.25. The summed E-state index contributed by atoms with van der Waals surface area (Å²) in [4.78, 5) is 11.1. The molecule has 0 N–H and O–H groups in total. The molecule has 4 heteroatoms. The lowest BCUT2D eigenvalue weighted by molar-refractivity contribution is 0.223. The van der Waals surface area contributed by atoms with E-state index in [0.717, 1.165) is 18.8 Å². The summed E-state index contributed by atoms with van der Waals surface area (Å²) in [6.45, 7) is 5.34. The summed E-state index contributed by atoms with van der Waals surface area (Å²) < 4.78 is 2.18. The lowest BCUT2D eigenvalue weighted by Crippen LogP contribution is -2.32. The molecule has 1 aliphatic rings. The van der Waals surface area contributed by atoms with Crippen molar-refractivity contribution in [3.63, 3.8) is 0 Å². The van der Waals surface area contributed by atoms with Gasteiger partial charge in [0.15, 0.2) is 0 Å². The summed E-state index contributed by atoms with van der Waals surface area (Å²) in [7, 11) is 0. The van der Waals surface area contributed by atoms with Gasteiger partial charge in [0.25, 0.3) is 0 Å². The Hall–Kier alpha value is -1.68. The molecule has 0 bridgehead atoms. The third-order valence-corrected chi connectivity index (χ3v) is 3.97. The van der Waals surface area contributed by atoms with Crippen LogP contribution in [0.2, 0.25) is 0 Å². The first-order chi connectivity index (χ1) is 9.33. The predicted molar refractivity (Wildman–Crippen MR) is 74.6 cm³/mol. The molecule has 0 spiro atoms. The molecule has 1 unspecified atom stereocenters. The van der Waals surface area contributed by atoms with Gasteiger partial charge in [-0.3, -0.25) is 9.88 Å². The summed E-state index contributed by atoms with van der Waals surface area (Å²) in [5, 5.41) is 0. The van der Waals surface area contributed by atoms with Crippen LogP contribution in [0.4, 0.5) is 0 Å². The van der Waals surface area contributed by atoms with E-state index in [1.165, 1.54) is 24.9 Å². The molecule has 1 atom stereocenters. The number of pyridine rings is 1. The SMILES string of the molecule is Cc1ncccc1CN1CCCC1Cn1ccnc1. The van der Waals surface area contributed by atoms with Crippen LogP contribution in [-0.2, 0) is 13.1 Å². The van der Waals surface area contributed by atoms with Gasteiger partial charge in [-0.15, -0.1) is 0 Å². The second-order valence-electron chi connectivity index (χ2n) is 5.27. The molecule has 0 aliphatic carbocycles. The zero-order valence-corrected chi connectivity index (χ0v) is 11.4. The van der Waals surface area contributed by atoms with E-state index in [2.05, 4.69) is 32.4 Å². The molecular formula is C15H20N4. The average Bonchev–Trinajstić information content (AvgIpc) is 3.06. The number of aryl methyl sites for hydroxylation is 1. The topological polar surface area (TPSA) is 34.0 Å². The van der Waals surface area contributed by atoms with E-state index in [1.807, 2.05) is 31.0 Å². The number of rotatable bonds is 4. The molecule has 0 radical (unpaired) electrons. The summed E-state index contributed by atoms with van der Waals surface area (Å²) >= 11 is 0. The van der Waals surface area contributed by atoms with E-state index >= 15 is 0 Å². The summed E-state index contributed by atoms with van der Waals surface area (Å²) in [5.41, 5.74) is 2.50. The molecule has 100 valence electrons. The third-order valence-electron chi connectivity index (χ3n) is 3.97. The molecule has 2 aromatic heterocycles. The van der Waals surface area contributed by atoms with Gasteiger partial charge in [-0.1, -0.05) is 6.07 Å². The zero-order valence-electron chi connectivity index (χ0n) is 11.4. The Morgan fingerprint density at radius 3 is 3.11 bits per heavy atom. The van der Waals surface area contributed by atoms with Crippen molar-refractivity contribution in [1.82, 2.24) is 19.4 Å². The molecule has 1 fully saturated rings. The fourth-order valence-electron chi connectivity index (χ4n) is 2.85. The monoisotopic (exact) mass is 256 g/mol. The number of imidazole rings is 1. The second-order valence-corrected chi connectivity index (χ2v) is 5.27. The van der Waals surface area contributed by atoms with Crippen LogP contribution in [0.15, 0.2) is 37.1 Å². The first-order valence-corrected chi connectivity index (χ1v) is 6.93. The molecule has 4 nitrogen and oxygen atoms in total. The van der Waals surface area contributed by atoms with E-state index in [-0.39, 0.29) is 0 Å². The average molecular weight is 256 g/mol. The number of hydrogen-bond acceptors (Lipinski definition) is 3. The van der Waals surface area contributed by atoms with Crippen LogP contribution in [0.5, 0.6) is 0 Å². The molecular weight excluding hydrogens is 236 g/mol. The Morgan fingerprint density at radius 2 is 2.32 bits per heavy atom. The smallest absolute Gasteiger partial charge is 0.0946 e.